The van der Waals surface area contributed by atoms with Gasteiger partial charge in [0.1, 0.15) is 5.82 Å². The fourth-order valence-electron chi connectivity index (χ4n) is 2.10. The summed E-state index contributed by atoms with van der Waals surface area (Å²) in [6.07, 6.45) is 4.07. The highest BCUT2D eigenvalue weighted by molar-refractivity contribution is 5.51. The van der Waals surface area contributed by atoms with Crippen LogP contribution in [0.1, 0.15) is 12.8 Å². The second-order valence-electron chi connectivity index (χ2n) is 4.38. The Hall–Kier alpha value is -1.29. The monoisotopic (exact) mass is 221 g/mol. The molecule has 0 amide bonds. The Morgan fingerprint density at radius 3 is 2.94 bits per heavy atom. The van der Waals surface area contributed by atoms with Crippen molar-refractivity contribution in [2.75, 3.05) is 37.4 Å². The van der Waals surface area contributed by atoms with E-state index in [9.17, 15) is 0 Å². The van der Waals surface area contributed by atoms with E-state index in [1.54, 1.807) is 6.20 Å². The van der Waals surface area contributed by atoms with E-state index >= 15 is 0 Å². The average molecular weight is 221 g/mol. The van der Waals surface area contributed by atoms with Crippen molar-refractivity contribution in [2.24, 2.45) is 5.92 Å². The van der Waals surface area contributed by atoms with Crippen LogP contribution in [0, 0.1) is 5.92 Å². The van der Waals surface area contributed by atoms with Crippen molar-refractivity contribution >= 4 is 11.5 Å². The largest absolute Gasteiger partial charge is 0.384 e. The molecule has 1 fully saturated rings. The quantitative estimate of drug-likeness (QED) is 0.841. The molecule has 0 atom stereocenters. The summed E-state index contributed by atoms with van der Waals surface area (Å²) in [5.74, 6) is 1.31. The molecule has 1 saturated heterocycles. The van der Waals surface area contributed by atoms with Gasteiger partial charge in [0.2, 0.25) is 0 Å². The van der Waals surface area contributed by atoms with E-state index in [1.807, 2.05) is 12.1 Å². The van der Waals surface area contributed by atoms with Gasteiger partial charge < -0.3 is 15.4 Å². The van der Waals surface area contributed by atoms with E-state index in [2.05, 4.69) is 16.9 Å². The van der Waals surface area contributed by atoms with Gasteiger partial charge in [0.15, 0.2) is 0 Å². The standard InChI is InChI=1S/C12H19N3O/c1-15(9-10-3-6-16-7-4-10)11-2-5-14-12(13)8-11/h2,5,8,10H,3-4,6-7,9H2,1H3,(H2,13,14). The fourth-order valence-corrected chi connectivity index (χ4v) is 2.10. The van der Waals surface area contributed by atoms with Gasteiger partial charge >= 0.3 is 0 Å². The molecule has 1 aromatic rings. The van der Waals surface area contributed by atoms with Crippen molar-refractivity contribution in [3.8, 4) is 0 Å². The molecule has 0 radical (unpaired) electrons. The first-order valence-electron chi connectivity index (χ1n) is 5.76. The number of nitrogens with zero attached hydrogens (tertiary/aromatic N) is 2. The van der Waals surface area contributed by atoms with Crippen LogP contribution in [0.4, 0.5) is 11.5 Å². The van der Waals surface area contributed by atoms with Gasteiger partial charge in [-0.15, -0.1) is 0 Å². The zero-order valence-electron chi connectivity index (χ0n) is 9.72. The van der Waals surface area contributed by atoms with Crippen LogP contribution in [0.25, 0.3) is 0 Å². The zero-order chi connectivity index (χ0) is 11.4. The van der Waals surface area contributed by atoms with Crippen LogP contribution in [0.3, 0.4) is 0 Å². The van der Waals surface area contributed by atoms with Crippen LogP contribution in [0.5, 0.6) is 0 Å². The Morgan fingerprint density at radius 1 is 1.50 bits per heavy atom. The Kier molecular flexibility index (Phi) is 3.62. The molecule has 16 heavy (non-hydrogen) atoms. The van der Waals surface area contributed by atoms with Gasteiger partial charge in [0.25, 0.3) is 0 Å². The molecular formula is C12H19N3O. The second kappa shape index (κ2) is 5.16. The average Bonchev–Trinajstić information content (AvgIpc) is 2.30. The van der Waals surface area contributed by atoms with E-state index in [0.717, 1.165) is 44.2 Å². The third-order valence-corrected chi connectivity index (χ3v) is 3.08. The van der Waals surface area contributed by atoms with E-state index in [4.69, 9.17) is 10.5 Å². The molecule has 2 rings (SSSR count). The zero-order valence-corrected chi connectivity index (χ0v) is 9.72. The molecule has 0 aliphatic carbocycles. The maximum Gasteiger partial charge on any atom is 0.125 e. The van der Waals surface area contributed by atoms with E-state index in [-0.39, 0.29) is 0 Å². The summed E-state index contributed by atoms with van der Waals surface area (Å²) < 4.78 is 5.36. The fraction of sp³-hybridized carbons (Fsp3) is 0.583. The molecule has 0 spiro atoms. The highest BCUT2D eigenvalue weighted by Gasteiger charge is 2.15. The molecule has 2 heterocycles. The lowest BCUT2D eigenvalue weighted by atomic mass is 10.00. The SMILES string of the molecule is CN(CC1CCOCC1)c1ccnc(N)c1. The van der Waals surface area contributed by atoms with Crippen LogP contribution in [0.15, 0.2) is 18.3 Å². The Labute approximate surface area is 96.4 Å². The lowest BCUT2D eigenvalue weighted by Gasteiger charge is -2.28. The van der Waals surface area contributed by atoms with Gasteiger partial charge in [0.05, 0.1) is 0 Å². The summed E-state index contributed by atoms with van der Waals surface area (Å²) in [7, 11) is 2.10. The minimum Gasteiger partial charge on any atom is -0.384 e. The molecular weight excluding hydrogens is 202 g/mol. The van der Waals surface area contributed by atoms with E-state index in [0.29, 0.717) is 5.82 Å². The van der Waals surface area contributed by atoms with Gasteiger partial charge in [-0.2, -0.15) is 0 Å². The van der Waals surface area contributed by atoms with Crippen LogP contribution in [-0.4, -0.2) is 31.8 Å². The summed E-state index contributed by atoms with van der Waals surface area (Å²) >= 11 is 0. The molecule has 88 valence electrons. The third-order valence-electron chi connectivity index (χ3n) is 3.08. The lowest BCUT2D eigenvalue weighted by molar-refractivity contribution is 0.0685. The van der Waals surface area contributed by atoms with Gasteiger partial charge in [-0.1, -0.05) is 0 Å². The number of pyridine rings is 1. The Bertz CT molecular complexity index is 337. The van der Waals surface area contributed by atoms with Gasteiger partial charge in [-0.25, -0.2) is 4.98 Å². The number of ether oxygens (including phenoxy) is 1. The number of aromatic nitrogens is 1. The van der Waals surface area contributed by atoms with E-state index in [1.165, 1.54) is 0 Å². The van der Waals surface area contributed by atoms with Gasteiger partial charge in [-0.05, 0) is 24.8 Å². The molecule has 0 aromatic carbocycles. The van der Waals surface area contributed by atoms with Gasteiger partial charge in [-0.3, -0.25) is 0 Å². The Morgan fingerprint density at radius 2 is 2.25 bits per heavy atom. The summed E-state index contributed by atoms with van der Waals surface area (Å²) in [6, 6.07) is 3.91. The Balaban J connectivity index is 1.94. The number of hydrogen-bond donors (Lipinski definition) is 1. The minimum atomic E-state index is 0.580. The molecule has 0 saturated carbocycles. The van der Waals surface area contributed by atoms with Crippen molar-refractivity contribution in [2.45, 2.75) is 12.8 Å². The maximum absolute atomic E-state index is 5.67. The smallest absolute Gasteiger partial charge is 0.125 e. The summed E-state index contributed by atoms with van der Waals surface area (Å²) in [4.78, 5) is 6.24. The van der Waals surface area contributed by atoms with Crippen molar-refractivity contribution in [3.63, 3.8) is 0 Å². The van der Waals surface area contributed by atoms with Crippen molar-refractivity contribution in [3.05, 3.63) is 18.3 Å². The molecule has 4 nitrogen and oxygen atoms in total. The van der Waals surface area contributed by atoms with Crippen LogP contribution in [-0.2, 0) is 4.74 Å². The molecule has 4 heteroatoms. The van der Waals surface area contributed by atoms with Crippen molar-refractivity contribution in [1.82, 2.24) is 4.98 Å². The summed E-state index contributed by atoms with van der Waals surface area (Å²) in [5.41, 5.74) is 6.81. The molecule has 0 bridgehead atoms. The third kappa shape index (κ3) is 2.85. The van der Waals surface area contributed by atoms with Gasteiger partial charge in [0, 0.05) is 44.8 Å². The first-order valence-corrected chi connectivity index (χ1v) is 5.76. The molecule has 1 aromatic heterocycles. The highest BCUT2D eigenvalue weighted by atomic mass is 16.5. The molecule has 1 aliphatic heterocycles. The normalized spacial score (nSPS) is 17.3. The predicted molar refractivity (Wildman–Crippen MR) is 65.5 cm³/mol. The second-order valence-corrected chi connectivity index (χ2v) is 4.38. The first kappa shape index (κ1) is 11.2. The number of anilines is 2. The number of rotatable bonds is 3. The number of hydrogen-bond acceptors (Lipinski definition) is 4. The highest BCUT2D eigenvalue weighted by Crippen LogP contribution is 2.20. The maximum atomic E-state index is 5.67. The topological polar surface area (TPSA) is 51.4 Å². The van der Waals surface area contributed by atoms with Crippen LogP contribution >= 0.6 is 0 Å². The predicted octanol–water partition coefficient (Wildman–Crippen LogP) is 1.53. The van der Waals surface area contributed by atoms with Crippen LogP contribution < -0.4 is 10.6 Å². The molecule has 0 unspecified atom stereocenters. The number of nitrogen functional groups attached to an aromatic ring is 1. The van der Waals surface area contributed by atoms with Crippen LogP contribution in [0.2, 0.25) is 0 Å². The first-order chi connectivity index (χ1) is 7.75. The minimum absolute atomic E-state index is 0.580. The van der Waals surface area contributed by atoms with Crippen molar-refractivity contribution < 1.29 is 4.74 Å². The van der Waals surface area contributed by atoms with Crippen molar-refractivity contribution in [1.29, 1.82) is 0 Å². The molecule has 1 aliphatic rings. The summed E-state index contributed by atoms with van der Waals surface area (Å²) in [6.45, 7) is 2.86. The lowest BCUT2D eigenvalue weighted by Crippen LogP contribution is -2.29. The summed E-state index contributed by atoms with van der Waals surface area (Å²) in [5, 5.41) is 0. The molecule has 2 N–H and O–H groups in total. The van der Waals surface area contributed by atoms with E-state index < -0.39 is 0 Å². The number of nitrogens with two attached hydrogens (primary N) is 1.